The summed E-state index contributed by atoms with van der Waals surface area (Å²) < 4.78 is 10.7. The average molecular weight is 485 g/mol. The van der Waals surface area contributed by atoms with Gasteiger partial charge in [-0.05, 0) is 30.7 Å². The molecular weight excluding hydrogens is 464 g/mol. The molecule has 0 aliphatic carbocycles. The number of hydrogen-bond acceptors (Lipinski definition) is 9. The van der Waals surface area contributed by atoms with Gasteiger partial charge in [0.05, 0.1) is 29.5 Å². The van der Waals surface area contributed by atoms with Crippen molar-refractivity contribution < 1.29 is 14.1 Å². The lowest BCUT2D eigenvalue weighted by Gasteiger charge is -2.32. The first kappa shape index (κ1) is 21.9. The van der Waals surface area contributed by atoms with Gasteiger partial charge in [-0.1, -0.05) is 52.8 Å². The highest BCUT2D eigenvalue weighted by Crippen LogP contribution is 2.35. The van der Waals surface area contributed by atoms with Gasteiger partial charge >= 0.3 is 0 Å². The Kier molecular flexibility index (Phi) is 6.07. The van der Waals surface area contributed by atoms with Gasteiger partial charge < -0.3 is 9.26 Å². The summed E-state index contributed by atoms with van der Waals surface area (Å²) >= 11 is 7.69. The number of carbonyl (C=O) groups excluding carboxylic acids is 1. The van der Waals surface area contributed by atoms with Gasteiger partial charge in [0.15, 0.2) is 5.17 Å². The van der Waals surface area contributed by atoms with Crippen LogP contribution in [-0.2, 0) is 10.5 Å². The van der Waals surface area contributed by atoms with Crippen molar-refractivity contribution in [2.24, 2.45) is 10.9 Å². The second kappa shape index (κ2) is 9.14. The van der Waals surface area contributed by atoms with Gasteiger partial charge in [0.1, 0.15) is 11.9 Å². The summed E-state index contributed by atoms with van der Waals surface area (Å²) in [5.74, 6) is 1.49. The second-order valence-electron chi connectivity index (χ2n) is 7.60. The predicted octanol–water partition coefficient (Wildman–Crippen LogP) is 3.39. The Bertz CT molecular complexity index is 1230. The maximum absolute atomic E-state index is 13.3. The van der Waals surface area contributed by atoms with Crippen LogP contribution in [0.5, 0.6) is 5.75 Å². The molecular formula is C22H21ClN6O3S. The van der Waals surface area contributed by atoms with Crippen molar-refractivity contribution >= 4 is 40.1 Å². The smallest absolute Gasteiger partial charge is 0.241 e. The van der Waals surface area contributed by atoms with E-state index in [4.69, 9.17) is 25.9 Å². The number of hydrazine groups is 1. The summed E-state index contributed by atoms with van der Waals surface area (Å²) in [7, 11) is 1.55. The van der Waals surface area contributed by atoms with Crippen molar-refractivity contribution in [3.8, 4) is 17.1 Å². The molecule has 9 nitrogen and oxygen atoms in total. The molecule has 2 aliphatic heterocycles. The molecule has 0 bridgehead atoms. The molecule has 33 heavy (non-hydrogen) atoms. The van der Waals surface area contributed by atoms with Gasteiger partial charge in [0, 0.05) is 12.1 Å². The van der Waals surface area contributed by atoms with E-state index in [-0.39, 0.29) is 18.0 Å². The molecule has 2 aliphatic rings. The lowest BCUT2D eigenvalue weighted by molar-refractivity contribution is -0.121. The van der Waals surface area contributed by atoms with E-state index in [1.807, 2.05) is 31.2 Å². The van der Waals surface area contributed by atoms with E-state index < -0.39 is 0 Å². The quantitative estimate of drug-likeness (QED) is 0.567. The number of carbonyl (C=O) groups is 1. The third-order valence-electron chi connectivity index (χ3n) is 5.50. The van der Waals surface area contributed by atoms with Gasteiger partial charge in [0.2, 0.25) is 17.6 Å². The zero-order chi connectivity index (χ0) is 22.9. The molecule has 2 atom stereocenters. The van der Waals surface area contributed by atoms with Crippen molar-refractivity contribution in [1.29, 1.82) is 0 Å². The fourth-order valence-electron chi connectivity index (χ4n) is 3.77. The third-order valence-corrected chi connectivity index (χ3v) is 6.74. The van der Waals surface area contributed by atoms with Crippen LogP contribution in [0.15, 0.2) is 52.0 Å². The average Bonchev–Trinajstić information content (AvgIpc) is 3.48. The maximum Gasteiger partial charge on any atom is 0.241 e. The van der Waals surface area contributed by atoms with Crippen LogP contribution < -0.4 is 20.5 Å². The number of halogens is 1. The number of hydrogen-bond donors (Lipinski definition) is 2. The summed E-state index contributed by atoms with van der Waals surface area (Å²) in [6.45, 7) is 2.49. The number of methoxy groups -OCH3 is 1. The number of fused-ring (bicyclic) bond motifs is 1. The summed E-state index contributed by atoms with van der Waals surface area (Å²) in [4.78, 5) is 24.2. The molecule has 3 aromatic rings. The molecule has 1 saturated heterocycles. The fourth-order valence-corrected chi connectivity index (χ4v) is 4.91. The molecule has 170 valence electrons. The van der Waals surface area contributed by atoms with E-state index in [0.717, 1.165) is 11.1 Å². The Hall–Kier alpha value is -2.92. The van der Waals surface area contributed by atoms with Crippen LogP contribution in [0, 0.1) is 12.8 Å². The van der Waals surface area contributed by atoms with Crippen molar-refractivity contribution in [2.45, 2.75) is 18.8 Å². The van der Waals surface area contributed by atoms with Crippen LogP contribution in [-0.4, -0.2) is 41.0 Å². The topological polar surface area (TPSA) is 105 Å². The van der Waals surface area contributed by atoms with Gasteiger partial charge in [-0.3, -0.25) is 15.1 Å². The van der Waals surface area contributed by atoms with Crippen LogP contribution in [0.3, 0.4) is 0 Å². The zero-order valence-corrected chi connectivity index (χ0v) is 19.5. The zero-order valence-electron chi connectivity index (χ0n) is 17.9. The monoisotopic (exact) mass is 484 g/mol. The van der Waals surface area contributed by atoms with Gasteiger partial charge in [-0.15, -0.1) is 0 Å². The number of amides is 1. The maximum atomic E-state index is 13.3. The number of nitrogens with zero attached hydrogens (tertiary/aromatic N) is 4. The molecule has 1 aromatic heterocycles. The molecule has 1 amide bonds. The molecule has 2 aromatic carbocycles. The lowest BCUT2D eigenvalue weighted by Crippen LogP contribution is -2.49. The molecule has 3 heterocycles. The molecule has 0 spiro atoms. The number of rotatable bonds is 5. The first-order valence-electron chi connectivity index (χ1n) is 10.3. The SMILES string of the molecule is COc1ccc(N2C(=O)C3CNNC3N=C2SCc2nc(-c3ccccc3C)no2)cc1Cl. The summed E-state index contributed by atoms with van der Waals surface area (Å²) in [5.41, 5.74) is 8.67. The molecule has 1 fully saturated rings. The first-order chi connectivity index (χ1) is 16.0. The number of anilines is 1. The number of aliphatic imine (C=N–C) groups is 1. The van der Waals surface area contributed by atoms with Gasteiger partial charge in [-0.2, -0.15) is 4.98 Å². The summed E-state index contributed by atoms with van der Waals surface area (Å²) in [6, 6.07) is 13.1. The minimum absolute atomic E-state index is 0.0673. The molecule has 2 unspecified atom stereocenters. The summed E-state index contributed by atoms with van der Waals surface area (Å²) in [5, 5.41) is 5.05. The number of aryl methyl sites for hydroxylation is 1. The van der Waals surface area contributed by atoms with Crippen LogP contribution in [0.4, 0.5) is 5.69 Å². The van der Waals surface area contributed by atoms with Crippen LogP contribution in [0.1, 0.15) is 11.5 Å². The number of nitrogens with one attached hydrogen (secondary N) is 2. The van der Waals surface area contributed by atoms with E-state index in [1.54, 1.807) is 30.2 Å². The van der Waals surface area contributed by atoms with Crippen molar-refractivity contribution in [1.82, 2.24) is 21.0 Å². The number of amidine groups is 1. The Balaban J connectivity index is 1.41. The van der Waals surface area contributed by atoms with Crippen LogP contribution in [0.25, 0.3) is 11.4 Å². The van der Waals surface area contributed by atoms with E-state index in [2.05, 4.69) is 21.0 Å². The number of thioether (sulfide) groups is 1. The number of ether oxygens (including phenoxy) is 1. The Morgan fingerprint density at radius 3 is 2.94 bits per heavy atom. The molecule has 2 N–H and O–H groups in total. The third kappa shape index (κ3) is 4.22. The summed E-state index contributed by atoms with van der Waals surface area (Å²) in [6.07, 6.45) is -0.338. The fraction of sp³-hybridized carbons (Fsp3) is 0.273. The number of benzene rings is 2. The highest BCUT2D eigenvalue weighted by Gasteiger charge is 2.42. The van der Waals surface area contributed by atoms with Crippen molar-refractivity contribution in [3.05, 3.63) is 58.9 Å². The van der Waals surface area contributed by atoms with Crippen LogP contribution in [0.2, 0.25) is 5.02 Å². The first-order valence-corrected chi connectivity index (χ1v) is 11.7. The van der Waals surface area contributed by atoms with E-state index in [9.17, 15) is 4.79 Å². The highest BCUT2D eigenvalue weighted by atomic mass is 35.5. The van der Waals surface area contributed by atoms with Crippen molar-refractivity contribution in [2.75, 3.05) is 18.6 Å². The van der Waals surface area contributed by atoms with E-state index in [0.29, 0.717) is 45.6 Å². The molecule has 0 radical (unpaired) electrons. The minimum atomic E-state index is -0.338. The molecule has 11 heteroatoms. The minimum Gasteiger partial charge on any atom is -0.495 e. The Morgan fingerprint density at radius 1 is 1.30 bits per heavy atom. The Labute approximate surface area is 199 Å². The van der Waals surface area contributed by atoms with Gasteiger partial charge in [0.25, 0.3) is 0 Å². The predicted molar refractivity (Wildman–Crippen MR) is 127 cm³/mol. The second-order valence-corrected chi connectivity index (χ2v) is 8.95. The Morgan fingerprint density at radius 2 is 2.15 bits per heavy atom. The highest BCUT2D eigenvalue weighted by molar-refractivity contribution is 8.13. The van der Waals surface area contributed by atoms with Crippen molar-refractivity contribution in [3.63, 3.8) is 0 Å². The lowest BCUT2D eigenvalue weighted by atomic mass is 10.0. The molecule has 5 rings (SSSR count). The normalized spacial score (nSPS) is 20.0. The molecule has 0 saturated carbocycles. The number of aromatic nitrogens is 2. The van der Waals surface area contributed by atoms with E-state index >= 15 is 0 Å². The van der Waals surface area contributed by atoms with E-state index in [1.165, 1.54) is 11.8 Å². The standard InChI is InChI=1S/C22H21ClN6O3S/c1-12-5-3-4-6-14(12)20-25-18(32-28-20)11-33-22-26-19-15(10-24-27-19)21(30)29(22)13-7-8-17(31-2)16(23)9-13/h3-9,15,19,24,27H,10-11H2,1-2H3. The van der Waals surface area contributed by atoms with Gasteiger partial charge in [-0.25, -0.2) is 10.4 Å². The largest absolute Gasteiger partial charge is 0.495 e. The van der Waals surface area contributed by atoms with Crippen LogP contribution >= 0.6 is 23.4 Å².